The maximum atomic E-state index is 12.8. The van der Waals surface area contributed by atoms with E-state index in [2.05, 4.69) is 5.10 Å². The van der Waals surface area contributed by atoms with Gasteiger partial charge >= 0.3 is 0 Å². The van der Waals surface area contributed by atoms with E-state index >= 15 is 0 Å². The molecular formula is C17H19Cl2N3O2. The van der Waals surface area contributed by atoms with Gasteiger partial charge in [0, 0.05) is 47.7 Å². The Morgan fingerprint density at radius 1 is 1.38 bits per heavy atom. The zero-order valence-electron chi connectivity index (χ0n) is 13.4. The predicted octanol–water partition coefficient (Wildman–Crippen LogP) is 3.43. The summed E-state index contributed by atoms with van der Waals surface area (Å²) in [7, 11) is 0. The third kappa shape index (κ3) is 3.91. The second kappa shape index (κ2) is 7.55. The quantitative estimate of drug-likeness (QED) is 0.834. The van der Waals surface area contributed by atoms with Crippen LogP contribution in [0.4, 0.5) is 0 Å². The average Bonchev–Trinajstić information content (AvgIpc) is 2.95. The molecule has 0 unspecified atom stereocenters. The van der Waals surface area contributed by atoms with Gasteiger partial charge in [0.2, 0.25) is 0 Å². The van der Waals surface area contributed by atoms with Crippen molar-refractivity contribution in [1.82, 2.24) is 14.7 Å². The van der Waals surface area contributed by atoms with Crippen LogP contribution in [0.3, 0.4) is 0 Å². The van der Waals surface area contributed by atoms with Crippen LogP contribution in [0.1, 0.15) is 22.3 Å². The highest BCUT2D eigenvalue weighted by Crippen LogP contribution is 2.26. The van der Waals surface area contributed by atoms with Crippen molar-refractivity contribution >= 4 is 29.1 Å². The van der Waals surface area contributed by atoms with Gasteiger partial charge in [-0.3, -0.25) is 9.48 Å². The molecular weight excluding hydrogens is 349 g/mol. The SMILES string of the molecule is Cc1c(Cl)cc(C(=O)N2CCCO[C@@H](Cn3cccn3)C2)cc1Cl. The number of hydrogen-bond acceptors (Lipinski definition) is 3. The third-order valence-electron chi connectivity index (χ3n) is 4.11. The molecule has 0 saturated carbocycles. The molecule has 0 bridgehead atoms. The van der Waals surface area contributed by atoms with Gasteiger partial charge in [0.1, 0.15) is 0 Å². The summed E-state index contributed by atoms with van der Waals surface area (Å²) in [6.45, 7) is 4.25. The standard InChI is InChI=1S/C17H19Cl2N3O2/c1-12-15(18)8-13(9-16(12)19)17(23)21-5-3-7-24-14(10-21)11-22-6-2-4-20-22/h2,4,6,8-9,14H,3,5,7,10-11H2,1H3/t14-/m1/s1. The first-order valence-corrected chi connectivity index (χ1v) is 8.64. The fourth-order valence-corrected chi connectivity index (χ4v) is 3.25. The van der Waals surface area contributed by atoms with Crippen molar-refractivity contribution in [3.63, 3.8) is 0 Å². The normalized spacial score (nSPS) is 18.5. The van der Waals surface area contributed by atoms with E-state index < -0.39 is 0 Å². The smallest absolute Gasteiger partial charge is 0.254 e. The Bertz CT molecular complexity index is 696. The summed E-state index contributed by atoms with van der Waals surface area (Å²) in [5, 5.41) is 5.21. The summed E-state index contributed by atoms with van der Waals surface area (Å²) in [4.78, 5) is 14.7. The molecule has 24 heavy (non-hydrogen) atoms. The molecule has 1 aromatic carbocycles. The summed E-state index contributed by atoms with van der Waals surface area (Å²) in [6, 6.07) is 5.23. The van der Waals surface area contributed by atoms with E-state index in [1.165, 1.54) is 0 Å². The molecule has 0 aliphatic carbocycles. The van der Waals surface area contributed by atoms with E-state index in [1.807, 2.05) is 23.9 Å². The lowest BCUT2D eigenvalue weighted by Crippen LogP contribution is -2.38. The molecule has 1 fully saturated rings. The number of aromatic nitrogens is 2. The second-order valence-electron chi connectivity index (χ2n) is 5.89. The molecule has 2 heterocycles. The molecule has 1 saturated heterocycles. The van der Waals surface area contributed by atoms with Crippen LogP contribution in [-0.4, -0.2) is 46.4 Å². The van der Waals surface area contributed by atoms with Crippen molar-refractivity contribution in [3.05, 3.63) is 51.8 Å². The minimum Gasteiger partial charge on any atom is -0.374 e. The van der Waals surface area contributed by atoms with E-state index in [1.54, 1.807) is 23.2 Å². The molecule has 1 aliphatic heterocycles. The summed E-state index contributed by atoms with van der Waals surface area (Å²) < 4.78 is 7.67. The van der Waals surface area contributed by atoms with Crippen molar-refractivity contribution < 1.29 is 9.53 Å². The molecule has 1 aliphatic rings. The second-order valence-corrected chi connectivity index (χ2v) is 6.70. The molecule has 1 aromatic heterocycles. The number of ether oxygens (including phenoxy) is 1. The fourth-order valence-electron chi connectivity index (χ4n) is 2.76. The Morgan fingerprint density at radius 3 is 2.79 bits per heavy atom. The van der Waals surface area contributed by atoms with E-state index in [9.17, 15) is 4.79 Å². The topological polar surface area (TPSA) is 47.4 Å². The maximum absolute atomic E-state index is 12.8. The molecule has 0 N–H and O–H groups in total. The number of amides is 1. The van der Waals surface area contributed by atoms with Crippen molar-refractivity contribution in [2.45, 2.75) is 26.0 Å². The van der Waals surface area contributed by atoms with Crippen LogP contribution in [0.25, 0.3) is 0 Å². The number of benzene rings is 1. The van der Waals surface area contributed by atoms with Gasteiger partial charge in [-0.1, -0.05) is 23.2 Å². The lowest BCUT2D eigenvalue weighted by atomic mass is 10.1. The summed E-state index contributed by atoms with van der Waals surface area (Å²) in [5.74, 6) is -0.0743. The van der Waals surface area contributed by atoms with Crippen molar-refractivity contribution in [3.8, 4) is 0 Å². The lowest BCUT2D eigenvalue weighted by Gasteiger charge is -2.24. The molecule has 5 nitrogen and oxygen atoms in total. The molecule has 0 radical (unpaired) electrons. The highest BCUT2D eigenvalue weighted by molar-refractivity contribution is 6.36. The van der Waals surface area contributed by atoms with Crippen LogP contribution < -0.4 is 0 Å². The first-order chi connectivity index (χ1) is 11.5. The third-order valence-corrected chi connectivity index (χ3v) is 4.90. The number of carbonyl (C=O) groups excluding carboxylic acids is 1. The van der Waals surface area contributed by atoms with Gasteiger partial charge in [-0.2, -0.15) is 5.10 Å². The molecule has 3 rings (SSSR count). The van der Waals surface area contributed by atoms with Crippen LogP contribution in [0, 0.1) is 6.92 Å². The molecule has 0 spiro atoms. The Kier molecular flexibility index (Phi) is 5.43. The highest BCUT2D eigenvalue weighted by Gasteiger charge is 2.24. The van der Waals surface area contributed by atoms with Gasteiger partial charge in [-0.05, 0) is 37.1 Å². The summed E-state index contributed by atoms with van der Waals surface area (Å²) in [6.07, 6.45) is 4.33. The lowest BCUT2D eigenvalue weighted by molar-refractivity contribution is 0.0367. The Labute approximate surface area is 151 Å². The first kappa shape index (κ1) is 17.3. The molecule has 1 atom stereocenters. The predicted molar refractivity (Wildman–Crippen MR) is 93.7 cm³/mol. The van der Waals surface area contributed by atoms with E-state index in [0.717, 1.165) is 12.0 Å². The van der Waals surface area contributed by atoms with Crippen LogP contribution in [0.15, 0.2) is 30.6 Å². The van der Waals surface area contributed by atoms with Gasteiger partial charge in [-0.25, -0.2) is 0 Å². The van der Waals surface area contributed by atoms with Crippen LogP contribution >= 0.6 is 23.2 Å². The number of nitrogens with zero attached hydrogens (tertiary/aromatic N) is 3. The van der Waals surface area contributed by atoms with Gasteiger partial charge in [-0.15, -0.1) is 0 Å². The van der Waals surface area contributed by atoms with E-state index in [4.69, 9.17) is 27.9 Å². The monoisotopic (exact) mass is 367 g/mol. The number of hydrogen-bond donors (Lipinski definition) is 0. The number of carbonyl (C=O) groups is 1. The Balaban J connectivity index is 1.75. The first-order valence-electron chi connectivity index (χ1n) is 7.88. The van der Waals surface area contributed by atoms with Crippen LogP contribution in [-0.2, 0) is 11.3 Å². The fraction of sp³-hybridized carbons (Fsp3) is 0.412. The van der Waals surface area contributed by atoms with Crippen molar-refractivity contribution in [1.29, 1.82) is 0 Å². The van der Waals surface area contributed by atoms with Gasteiger partial charge in [0.25, 0.3) is 5.91 Å². The van der Waals surface area contributed by atoms with Crippen LogP contribution in [0.5, 0.6) is 0 Å². The Hall–Kier alpha value is -1.56. The summed E-state index contributed by atoms with van der Waals surface area (Å²) in [5.41, 5.74) is 1.29. The minimum absolute atomic E-state index is 0.0743. The molecule has 2 aromatic rings. The summed E-state index contributed by atoms with van der Waals surface area (Å²) >= 11 is 12.3. The Morgan fingerprint density at radius 2 is 2.12 bits per heavy atom. The molecule has 128 valence electrons. The zero-order chi connectivity index (χ0) is 17.1. The maximum Gasteiger partial charge on any atom is 0.254 e. The zero-order valence-corrected chi connectivity index (χ0v) is 14.9. The van der Waals surface area contributed by atoms with Gasteiger partial charge in [0.05, 0.1) is 12.6 Å². The van der Waals surface area contributed by atoms with Gasteiger partial charge < -0.3 is 9.64 Å². The number of halogens is 2. The van der Waals surface area contributed by atoms with Crippen molar-refractivity contribution in [2.75, 3.05) is 19.7 Å². The van der Waals surface area contributed by atoms with Crippen LogP contribution in [0.2, 0.25) is 10.0 Å². The van der Waals surface area contributed by atoms with E-state index in [-0.39, 0.29) is 12.0 Å². The van der Waals surface area contributed by atoms with Gasteiger partial charge in [0.15, 0.2) is 0 Å². The van der Waals surface area contributed by atoms with E-state index in [0.29, 0.717) is 41.8 Å². The minimum atomic E-state index is -0.0901. The van der Waals surface area contributed by atoms with Crippen molar-refractivity contribution in [2.24, 2.45) is 0 Å². The largest absolute Gasteiger partial charge is 0.374 e. The molecule has 7 heteroatoms. The molecule has 1 amide bonds. The average molecular weight is 368 g/mol. The number of rotatable bonds is 3. The highest BCUT2D eigenvalue weighted by atomic mass is 35.5.